The first-order chi connectivity index (χ1) is 18.5. The number of amides is 1. The minimum Gasteiger partial charge on any atom is -0.465 e. The molecule has 3 aromatic rings. The lowest BCUT2D eigenvalue weighted by atomic mass is 9.87. The zero-order valence-corrected chi connectivity index (χ0v) is 23.4. The van der Waals surface area contributed by atoms with Gasteiger partial charge in [-0.3, -0.25) is 0 Å². The normalized spacial score (nSPS) is 15.6. The van der Waals surface area contributed by atoms with E-state index in [-0.39, 0.29) is 12.6 Å². The van der Waals surface area contributed by atoms with Crippen molar-refractivity contribution in [1.82, 2.24) is 4.90 Å². The quantitative estimate of drug-likeness (QED) is 0.327. The second-order valence-corrected chi connectivity index (χ2v) is 11.1. The second-order valence-electron chi connectivity index (χ2n) is 10.7. The molecule has 0 heterocycles. The Morgan fingerprint density at radius 2 is 1.77 bits per heavy atom. The van der Waals surface area contributed by atoms with E-state index < -0.39 is 23.8 Å². The fourth-order valence-corrected chi connectivity index (χ4v) is 4.88. The highest BCUT2D eigenvalue weighted by atomic mass is 35.5. The number of carbonyl (C=O) groups is 2. The highest BCUT2D eigenvalue weighted by Gasteiger charge is 2.33. The van der Waals surface area contributed by atoms with Crippen LogP contribution in [0.4, 0.5) is 4.79 Å². The predicted octanol–water partition coefficient (Wildman–Crippen LogP) is 6.75. The first-order valence-electron chi connectivity index (χ1n) is 12.9. The van der Waals surface area contributed by atoms with E-state index in [1.807, 2.05) is 39.0 Å². The van der Waals surface area contributed by atoms with Crippen LogP contribution in [0.2, 0.25) is 5.02 Å². The maximum absolute atomic E-state index is 13.3. The van der Waals surface area contributed by atoms with Crippen molar-refractivity contribution >= 4 is 23.7 Å². The van der Waals surface area contributed by atoms with Crippen LogP contribution in [-0.2, 0) is 22.3 Å². The van der Waals surface area contributed by atoms with Gasteiger partial charge in [0.05, 0.1) is 25.3 Å². The van der Waals surface area contributed by atoms with Crippen LogP contribution in [0, 0.1) is 0 Å². The maximum Gasteiger partial charge on any atom is 0.410 e. The maximum atomic E-state index is 13.3. The molecule has 0 aliphatic heterocycles. The summed E-state index contributed by atoms with van der Waals surface area (Å²) < 4.78 is 16.6. The molecule has 1 N–H and O–H groups in total. The Kier molecular flexibility index (Phi) is 8.83. The Morgan fingerprint density at radius 1 is 1.03 bits per heavy atom. The fraction of sp³-hybridized carbons (Fsp3) is 0.355. The summed E-state index contributed by atoms with van der Waals surface area (Å²) in [6.07, 6.45) is 0.690. The first-order valence-corrected chi connectivity index (χ1v) is 13.3. The summed E-state index contributed by atoms with van der Waals surface area (Å²) in [4.78, 5) is 26.9. The lowest BCUT2D eigenvalue weighted by molar-refractivity contribution is 0.00194. The summed E-state index contributed by atoms with van der Waals surface area (Å²) in [6, 6.07) is 19.5. The molecule has 0 saturated carbocycles. The van der Waals surface area contributed by atoms with Crippen LogP contribution in [0.1, 0.15) is 60.3 Å². The van der Waals surface area contributed by atoms with Crippen molar-refractivity contribution in [3.63, 3.8) is 0 Å². The zero-order chi connectivity index (χ0) is 28.2. The smallest absolute Gasteiger partial charge is 0.410 e. The topological polar surface area (TPSA) is 85.3 Å². The molecule has 0 aromatic heterocycles. The number of nitrogens with zero attached hydrogens (tertiary/aromatic N) is 1. The molecule has 0 saturated heterocycles. The Balaban J connectivity index is 1.55. The number of ether oxygens (including phenoxy) is 3. The van der Waals surface area contributed by atoms with Crippen LogP contribution in [0.3, 0.4) is 0 Å². The lowest BCUT2D eigenvalue weighted by Crippen LogP contribution is -2.47. The van der Waals surface area contributed by atoms with Gasteiger partial charge in [0.15, 0.2) is 0 Å². The Labute approximate surface area is 234 Å². The van der Waals surface area contributed by atoms with Crippen molar-refractivity contribution in [3.8, 4) is 11.5 Å². The van der Waals surface area contributed by atoms with Gasteiger partial charge in [0.1, 0.15) is 17.1 Å². The largest absolute Gasteiger partial charge is 0.465 e. The number of fused-ring (bicyclic) bond motifs is 1. The van der Waals surface area contributed by atoms with Crippen LogP contribution >= 0.6 is 11.6 Å². The minimum atomic E-state index is -0.922. The molecule has 1 aliphatic carbocycles. The van der Waals surface area contributed by atoms with E-state index in [2.05, 4.69) is 0 Å². The summed E-state index contributed by atoms with van der Waals surface area (Å²) in [7, 11) is 1.34. The first kappa shape index (κ1) is 28.5. The number of benzene rings is 3. The number of rotatable bonds is 7. The number of esters is 1. The summed E-state index contributed by atoms with van der Waals surface area (Å²) in [5.41, 5.74) is 2.60. The molecular formula is C31H34ClNO6. The van der Waals surface area contributed by atoms with Gasteiger partial charge in [-0.1, -0.05) is 35.9 Å². The number of hydrogen-bond donors (Lipinski definition) is 1. The van der Waals surface area contributed by atoms with E-state index in [9.17, 15) is 14.7 Å². The molecule has 1 amide bonds. The molecule has 2 atom stereocenters. The van der Waals surface area contributed by atoms with Gasteiger partial charge in [0, 0.05) is 11.1 Å². The lowest BCUT2D eigenvalue weighted by Gasteiger charge is -2.37. The third kappa shape index (κ3) is 7.52. The van der Waals surface area contributed by atoms with Gasteiger partial charge in [0.25, 0.3) is 0 Å². The third-order valence-corrected chi connectivity index (χ3v) is 6.78. The number of aryl methyl sites for hydroxylation is 1. The van der Waals surface area contributed by atoms with Crippen LogP contribution < -0.4 is 4.74 Å². The molecule has 0 spiro atoms. The van der Waals surface area contributed by atoms with Crippen molar-refractivity contribution in [2.24, 2.45) is 0 Å². The van der Waals surface area contributed by atoms with Crippen molar-refractivity contribution < 1.29 is 28.9 Å². The number of aliphatic hydroxyl groups is 1. The number of halogens is 1. The zero-order valence-electron chi connectivity index (χ0n) is 22.6. The molecule has 39 heavy (non-hydrogen) atoms. The number of methoxy groups -OCH3 is 1. The van der Waals surface area contributed by atoms with Gasteiger partial charge in [-0.05, 0) is 99.2 Å². The van der Waals surface area contributed by atoms with Gasteiger partial charge in [0.2, 0.25) is 0 Å². The summed E-state index contributed by atoms with van der Waals surface area (Å²) in [5.74, 6) is 0.709. The monoisotopic (exact) mass is 551 g/mol. The molecule has 0 bridgehead atoms. The molecule has 0 radical (unpaired) electrons. The Hall–Kier alpha value is -3.55. The van der Waals surface area contributed by atoms with Gasteiger partial charge >= 0.3 is 12.1 Å². The Bertz CT molecular complexity index is 1330. The molecule has 7 nitrogen and oxygen atoms in total. The van der Waals surface area contributed by atoms with E-state index in [0.29, 0.717) is 34.1 Å². The second kappa shape index (κ2) is 12.1. The van der Waals surface area contributed by atoms with E-state index in [1.165, 1.54) is 12.7 Å². The van der Waals surface area contributed by atoms with Crippen molar-refractivity contribution in [1.29, 1.82) is 0 Å². The SMILES string of the molecule is COC(=O)c1cccc(Oc2ccc3c(c2)C[C@@H](N(C[C@H](O)c2cccc(Cl)c2)C(=O)OC(C)(C)C)CC3)c1. The molecule has 0 unspecified atom stereocenters. The molecule has 206 valence electrons. The van der Waals surface area contributed by atoms with E-state index in [1.54, 1.807) is 53.4 Å². The van der Waals surface area contributed by atoms with Gasteiger partial charge in [-0.15, -0.1) is 0 Å². The number of aliphatic hydroxyl groups excluding tert-OH is 1. The third-order valence-electron chi connectivity index (χ3n) is 6.54. The highest BCUT2D eigenvalue weighted by Crippen LogP contribution is 2.32. The van der Waals surface area contributed by atoms with Gasteiger partial charge in [-0.25, -0.2) is 9.59 Å². The Morgan fingerprint density at radius 3 is 2.49 bits per heavy atom. The summed E-state index contributed by atoms with van der Waals surface area (Å²) in [6.45, 7) is 5.55. The van der Waals surface area contributed by atoms with Crippen LogP contribution in [0.15, 0.2) is 66.7 Å². The van der Waals surface area contributed by atoms with E-state index >= 15 is 0 Å². The number of carbonyl (C=O) groups excluding carboxylic acids is 2. The highest BCUT2D eigenvalue weighted by molar-refractivity contribution is 6.30. The minimum absolute atomic E-state index is 0.0752. The van der Waals surface area contributed by atoms with Gasteiger partial charge < -0.3 is 24.2 Å². The van der Waals surface area contributed by atoms with Crippen molar-refractivity contribution in [3.05, 3.63) is 94.0 Å². The molecule has 4 rings (SSSR count). The van der Waals surface area contributed by atoms with Gasteiger partial charge in [-0.2, -0.15) is 0 Å². The molecule has 3 aromatic carbocycles. The van der Waals surface area contributed by atoms with E-state index in [0.717, 1.165) is 18.4 Å². The molecular weight excluding hydrogens is 518 g/mol. The number of hydrogen-bond acceptors (Lipinski definition) is 6. The van der Waals surface area contributed by atoms with Crippen molar-refractivity contribution in [2.45, 2.75) is 57.8 Å². The average Bonchev–Trinajstić information content (AvgIpc) is 2.90. The van der Waals surface area contributed by atoms with Crippen molar-refractivity contribution in [2.75, 3.05) is 13.7 Å². The van der Waals surface area contributed by atoms with Crippen LogP contribution in [0.5, 0.6) is 11.5 Å². The predicted molar refractivity (Wildman–Crippen MR) is 149 cm³/mol. The van der Waals surface area contributed by atoms with Crippen LogP contribution in [-0.4, -0.2) is 47.4 Å². The van der Waals surface area contributed by atoms with E-state index in [4.69, 9.17) is 25.8 Å². The fourth-order valence-electron chi connectivity index (χ4n) is 4.68. The molecule has 0 fully saturated rings. The average molecular weight is 552 g/mol. The standard InChI is InChI=1S/C31H34ClNO6/c1-31(2,3)39-30(36)33(19-28(34)21-7-5-9-24(32)15-21)25-13-11-20-12-14-27(18-23(20)16-25)38-26-10-6-8-22(17-26)29(35)37-4/h5-10,12,14-15,17-18,25,28,34H,11,13,16,19H2,1-4H3/t25-,28-/m0/s1. The summed E-state index contributed by atoms with van der Waals surface area (Å²) >= 11 is 6.13. The summed E-state index contributed by atoms with van der Waals surface area (Å²) in [5, 5.41) is 11.5. The molecule has 1 aliphatic rings. The molecule has 8 heteroatoms. The van der Waals surface area contributed by atoms with Crippen LogP contribution in [0.25, 0.3) is 0 Å².